The molecule has 1 fully saturated rings. The van der Waals surface area contributed by atoms with Crippen molar-refractivity contribution in [1.82, 2.24) is 15.5 Å². The zero-order valence-corrected chi connectivity index (χ0v) is 15.1. The first-order valence-corrected chi connectivity index (χ1v) is 8.96. The number of nitrogens with one attached hydrogen (secondary N) is 2. The highest BCUT2D eigenvalue weighted by Crippen LogP contribution is 2.32. The number of benzene rings is 2. The Labute approximate surface area is 161 Å². The molecule has 0 saturated carbocycles. The summed E-state index contributed by atoms with van der Waals surface area (Å²) in [6, 6.07) is 11.2. The van der Waals surface area contributed by atoms with Gasteiger partial charge in [-0.05, 0) is 36.2 Å². The molecule has 8 heteroatoms. The van der Waals surface area contributed by atoms with Gasteiger partial charge in [0.15, 0.2) is 11.6 Å². The van der Waals surface area contributed by atoms with E-state index in [4.69, 9.17) is 0 Å². The lowest BCUT2D eigenvalue weighted by molar-refractivity contribution is 0.0953. The van der Waals surface area contributed by atoms with Crippen molar-refractivity contribution in [2.75, 3.05) is 19.6 Å². The van der Waals surface area contributed by atoms with Crippen LogP contribution >= 0.6 is 0 Å². The zero-order chi connectivity index (χ0) is 20.1. The first-order valence-electron chi connectivity index (χ1n) is 8.96. The van der Waals surface area contributed by atoms with Crippen LogP contribution in [0.3, 0.4) is 0 Å². The monoisotopic (exact) mass is 389 g/mol. The predicted molar refractivity (Wildman–Crippen MR) is 98.6 cm³/mol. The van der Waals surface area contributed by atoms with Gasteiger partial charge < -0.3 is 20.6 Å². The summed E-state index contributed by atoms with van der Waals surface area (Å²) in [6.45, 7) is 0.506. The molecule has 0 radical (unpaired) electrons. The van der Waals surface area contributed by atoms with Gasteiger partial charge in [0.25, 0.3) is 5.91 Å². The molecule has 28 heavy (non-hydrogen) atoms. The number of carbonyl (C=O) groups is 2. The number of likely N-dealkylation sites (tertiary alicyclic amines) is 1. The van der Waals surface area contributed by atoms with E-state index in [9.17, 15) is 23.5 Å². The van der Waals surface area contributed by atoms with Crippen LogP contribution in [-0.4, -0.2) is 47.7 Å². The number of hydrogen-bond donors (Lipinski definition) is 3. The first kappa shape index (κ1) is 19.8. The summed E-state index contributed by atoms with van der Waals surface area (Å²) >= 11 is 0. The molecule has 2 unspecified atom stereocenters. The minimum absolute atomic E-state index is 0.0892. The summed E-state index contributed by atoms with van der Waals surface area (Å²) < 4.78 is 26.7. The van der Waals surface area contributed by atoms with Crippen molar-refractivity contribution in [3.63, 3.8) is 0 Å². The predicted octanol–water partition coefficient (Wildman–Crippen LogP) is 2.21. The van der Waals surface area contributed by atoms with Gasteiger partial charge in [-0.2, -0.15) is 0 Å². The van der Waals surface area contributed by atoms with Crippen LogP contribution in [0, 0.1) is 11.6 Å². The zero-order valence-electron chi connectivity index (χ0n) is 15.1. The smallest absolute Gasteiger partial charge is 0.318 e. The first-order chi connectivity index (χ1) is 13.5. The van der Waals surface area contributed by atoms with Crippen molar-refractivity contribution >= 4 is 11.9 Å². The second-order valence-electron chi connectivity index (χ2n) is 6.59. The second kappa shape index (κ2) is 8.79. The number of hydrogen-bond acceptors (Lipinski definition) is 3. The molecule has 0 bridgehead atoms. The van der Waals surface area contributed by atoms with Crippen LogP contribution in [0.2, 0.25) is 0 Å². The number of amides is 3. The minimum Gasteiger partial charge on any atom is -0.391 e. The van der Waals surface area contributed by atoms with Crippen molar-refractivity contribution in [3.05, 3.63) is 71.3 Å². The van der Waals surface area contributed by atoms with Gasteiger partial charge in [-0.15, -0.1) is 0 Å². The number of nitrogens with zero attached hydrogens (tertiary/aromatic N) is 1. The van der Waals surface area contributed by atoms with E-state index in [1.54, 1.807) is 24.3 Å². The maximum absolute atomic E-state index is 13.5. The minimum atomic E-state index is -0.997. The van der Waals surface area contributed by atoms with E-state index in [1.807, 2.05) is 6.07 Å². The summed E-state index contributed by atoms with van der Waals surface area (Å²) in [7, 11) is 0. The Bertz CT molecular complexity index is 848. The number of β-amino-alcohol motifs (C(OH)–C–C–N with tert-alkyl or cyclic N) is 1. The van der Waals surface area contributed by atoms with Gasteiger partial charge in [0.1, 0.15) is 0 Å². The van der Waals surface area contributed by atoms with Crippen LogP contribution in [0.1, 0.15) is 28.4 Å². The second-order valence-corrected chi connectivity index (χ2v) is 6.59. The van der Waals surface area contributed by atoms with Crippen LogP contribution in [-0.2, 0) is 0 Å². The Morgan fingerprint density at radius 2 is 1.75 bits per heavy atom. The van der Waals surface area contributed by atoms with Gasteiger partial charge in [0.05, 0.1) is 12.1 Å². The van der Waals surface area contributed by atoms with Crippen molar-refractivity contribution in [2.24, 2.45) is 0 Å². The van der Waals surface area contributed by atoms with E-state index >= 15 is 0 Å². The molecule has 1 aliphatic rings. The average Bonchev–Trinajstić information content (AvgIpc) is 3.09. The van der Waals surface area contributed by atoms with Gasteiger partial charge in [-0.1, -0.05) is 24.3 Å². The average molecular weight is 389 g/mol. The third kappa shape index (κ3) is 4.64. The highest BCUT2D eigenvalue weighted by molar-refractivity contribution is 5.94. The van der Waals surface area contributed by atoms with Gasteiger partial charge in [0.2, 0.25) is 0 Å². The van der Waals surface area contributed by atoms with Crippen LogP contribution < -0.4 is 10.6 Å². The number of urea groups is 1. The highest BCUT2D eigenvalue weighted by atomic mass is 19.2. The Hall–Kier alpha value is -3.00. The fourth-order valence-electron chi connectivity index (χ4n) is 3.21. The Morgan fingerprint density at radius 1 is 1.04 bits per heavy atom. The molecule has 6 nitrogen and oxygen atoms in total. The molecule has 2 aromatic rings. The maximum Gasteiger partial charge on any atom is 0.318 e. The van der Waals surface area contributed by atoms with Crippen LogP contribution in [0.5, 0.6) is 0 Å². The third-order valence-corrected chi connectivity index (χ3v) is 4.59. The van der Waals surface area contributed by atoms with Crippen molar-refractivity contribution in [2.45, 2.75) is 18.6 Å². The lowest BCUT2D eigenvalue weighted by Crippen LogP contribution is -2.43. The summed E-state index contributed by atoms with van der Waals surface area (Å²) in [5.74, 6) is -2.21. The molecule has 1 saturated heterocycles. The van der Waals surface area contributed by atoms with Gasteiger partial charge in [-0.25, -0.2) is 13.6 Å². The molecule has 0 aliphatic carbocycles. The fraction of sp³-hybridized carbons (Fsp3) is 0.300. The molecule has 3 rings (SSSR count). The lowest BCUT2D eigenvalue weighted by atomic mass is 10.0. The molecule has 1 heterocycles. The summed E-state index contributed by atoms with van der Waals surface area (Å²) in [6.07, 6.45) is -0.509. The molecule has 3 amide bonds. The van der Waals surface area contributed by atoms with Crippen LogP contribution in [0.15, 0.2) is 48.5 Å². The normalized spacial score (nSPS) is 18.8. The molecule has 0 aromatic heterocycles. The summed E-state index contributed by atoms with van der Waals surface area (Å²) in [5, 5.41) is 15.3. The van der Waals surface area contributed by atoms with Crippen molar-refractivity contribution in [1.29, 1.82) is 0 Å². The molecular formula is C20H21F2N3O3. The quantitative estimate of drug-likeness (QED) is 0.686. The standard InChI is InChI=1S/C20H21F2N3O3/c21-16-7-6-14(10-17(16)22)18-11-15(26)12-25(18)20(28)24-9-8-23-19(27)13-4-2-1-3-5-13/h1-7,10,15,18,26H,8-9,11-12H2,(H,23,27)(H,24,28). The summed E-state index contributed by atoms with van der Waals surface area (Å²) in [4.78, 5) is 25.8. The van der Waals surface area contributed by atoms with Gasteiger partial charge in [0, 0.05) is 25.2 Å². The molecule has 0 spiro atoms. The molecule has 2 aromatic carbocycles. The topological polar surface area (TPSA) is 81.7 Å². The van der Waals surface area contributed by atoms with E-state index in [0.717, 1.165) is 12.1 Å². The number of aliphatic hydroxyl groups excluding tert-OH is 1. The molecule has 1 aliphatic heterocycles. The van der Waals surface area contributed by atoms with E-state index in [-0.39, 0.29) is 32.0 Å². The van der Waals surface area contributed by atoms with Crippen molar-refractivity contribution < 1.29 is 23.5 Å². The fourth-order valence-corrected chi connectivity index (χ4v) is 3.21. The van der Waals surface area contributed by atoms with E-state index < -0.39 is 29.8 Å². The number of aliphatic hydroxyl groups is 1. The van der Waals surface area contributed by atoms with Crippen LogP contribution in [0.25, 0.3) is 0 Å². The van der Waals surface area contributed by atoms with Gasteiger partial charge >= 0.3 is 6.03 Å². The Kier molecular flexibility index (Phi) is 6.20. The van der Waals surface area contributed by atoms with E-state index in [1.165, 1.54) is 11.0 Å². The summed E-state index contributed by atoms with van der Waals surface area (Å²) in [5.41, 5.74) is 0.942. The largest absolute Gasteiger partial charge is 0.391 e. The Balaban J connectivity index is 1.53. The number of halogens is 2. The SMILES string of the molecule is O=C(NCCNC(=O)N1CC(O)CC1c1ccc(F)c(F)c1)c1ccccc1. The Morgan fingerprint density at radius 3 is 2.46 bits per heavy atom. The molecule has 3 N–H and O–H groups in total. The number of carbonyl (C=O) groups excluding carboxylic acids is 2. The lowest BCUT2D eigenvalue weighted by Gasteiger charge is -2.25. The molecular weight excluding hydrogens is 368 g/mol. The van der Waals surface area contributed by atoms with E-state index in [2.05, 4.69) is 10.6 Å². The van der Waals surface area contributed by atoms with E-state index in [0.29, 0.717) is 11.1 Å². The number of rotatable bonds is 5. The maximum atomic E-state index is 13.5. The highest BCUT2D eigenvalue weighted by Gasteiger charge is 2.35. The molecule has 2 atom stereocenters. The van der Waals surface area contributed by atoms with Crippen molar-refractivity contribution in [3.8, 4) is 0 Å². The van der Waals surface area contributed by atoms with Gasteiger partial charge in [-0.3, -0.25) is 4.79 Å². The molecule has 148 valence electrons. The third-order valence-electron chi connectivity index (χ3n) is 4.59. The van der Waals surface area contributed by atoms with Crippen LogP contribution in [0.4, 0.5) is 13.6 Å².